The molecule has 2 aliphatic rings. The average molecular weight is 279 g/mol. The zero-order valence-corrected chi connectivity index (χ0v) is 11.9. The highest BCUT2D eigenvalue weighted by molar-refractivity contribution is 8.03. The number of carbonyl (C=O) groups excluding carboxylic acids is 1. The summed E-state index contributed by atoms with van der Waals surface area (Å²) in [5.74, 6) is 1.23. The number of rotatable bonds is 2. The summed E-state index contributed by atoms with van der Waals surface area (Å²) in [5, 5.41) is 0.773. The van der Waals surface area contributed by atoms with Gasteiger partial charge in [-0.25, -0.2) is 0 Å². The molecule has 2 unspecified atom stereocenters. The summed E-state index contributed by atoms with van der Waals surface area (Å²) in [6.45, 7) is 1.98. The summed E-state index contributed by atoms with van der Waals surface area (Å²) in [5.41, 5.74) is 0.971. The van der Waals surface area contributed by atoms with Gasteiger partial charge in [0, 0.05) is 16.4 Å². The minimum absolute atomic E-state index is 0.297. The normalized spacial score (nSPS) is 26.9. The lowest BCUT2D eigenvalue weighted by Gasteiger charge is -2.23. The van der Waals surface area contributed by atoms with Gasteiger partial charge in [-0.15, -0.1) is 0 Å². The quantitative estimate of drug-likeness (QED) is 0.780. The van der Waals surface area contributed by atoms with Crippen LogP contribution in [0.2, 0.25) is 5.02 Å². The molecule has 0 radical (unpaired) electrons. The molecular weight excluding hydrogens is 264 g/mol. The number of benzene rings is 1. The molecule has 2 aliphatic carbocycles. The third kappa shape index (κ3) is 2.02. The predicted molar refractivity (Wildman–Crippen MR) is 75.8 cm³/mol. The standard InChI is InChI=1S/C15H15ClOS/c1-9-14(17)10-6-7-11(8-10)15(9)18-13-5-3-2-4-12(13)16/h2-5,10-11H,6-8H2,1H3. The van der Waals surface area contributed by atoms with E-state index in [1.165, 1.54) is 4.91 Å². The first kappa shape index (κ1) is 12.3. The van der Waals surface area contributed by atoms with Gasteiger partial charge in [-0.3, -0.25) is 4.79 Å². The fourth-order valence-corrected chi connectivity index (χ4v) is 4.43. The van der Waals surface area contributed by atoms with E-state index >= 15 is 0 Å². The van der Waals surface area contributed by atoms with Crippen molar-refractivity contribution in [3.05, 3.63) is 39.8 Å². The van der Waals surface area contributed by atoms with Crippen LogP contribution in [0.1, 0.15) is 26.2 Å². The summed E-state index contributed by atoms with van der Waals surface area (Å²) < 4.78 is 0. The van der Waals surface area contributed by atoms with E-state index in [0.717, 1.165) is 34.8 Å². The second-order valence-corrected chi connectivity index (χ2v) is 6.58. The van der Waals surface area contributed by atoms with Crippen molar-refractivity contribution in [3.8, 4) is 0 Å². The molecule has 0 aliphatic heterocycles. The van der Waals surface area contributed by atoms with Crippen molar-refractivity contribution in [1.29, 1.82) is 0 Å². The number of fused-ring (bicyclic) bond motifs is 2. The maximum absolute atomic E-state index is 12.2. The summed E-state index contributed by atoms with van der Waals surface area (Å²) >= 11 is 7.89. The number of Topliss-reactive ketones (excluding diaryl/α,β-unsaturated/α-hetero) is 1. The summed E-state index contributed by atoms with van der Waals surface area (Å²) in [6.07, 6.45) is 3.26. The highest BCUT2D eigenvalue weighted by Crippen LogP contribution is 2.50. The van der Waals surface area contributed by atoms with E-state index in [-0.39, 0.29) is 0 Å². The molecule has 3 heteroatoms. The molecule has 0 N–H and O–H groups in total. The lowest BCUT2D eigenvalue weighted by atomic mass is 9.89. The Kier molecular flexibility index (Phi) is 3.25. The zero-order chi connectivity index (χ0) is 12.7. The third-order valence-electron chi connectivity index (χ3n) is 3.97. The minimum atomic E-state index is 0.297. The van der Waals surface area contributed by atoms with Gasteiger partial charge in [0.15, 0.2) is 5.78 Å². The summed E-state index contributed by atoms with van der Waals surface area (Å²) in [6, 6.07) is 7.86. The summed E-state index contributed by atoms with van der Waals surface area (Å²) in [7, 11) is 0. The van der Waals surface area contributed by atoms with Gasteiger partial charge in [0.05, 0.1) is 5.02 Å². The smallest absolute Gasteiger partial charge is 0.162 e. The van der Waals surface area contributed by atoms with Gasteiger partial charge in [-0.1, -0.05) is 35.5 Å². The van der Waals surface area contributed by atoms with Gasteiger partial charge in [0.1, 0.15) is 0 Å². The van der Waals surface area contributed by atoms with Crippen molar-refractivity contribution in [2.75, 3.05) is 0 Å². The molecule has 2 bridgehead atoms. The van der Waals surface area contributed by atoms with E-state index in [1.54, 1.807) is 11.8 Å². The Morgan fingerprint density at radius 1 is 1.22 bits per heavy atom. The van der Waals surface area contributed by atoms with Crippen molar-refractivity contribution < 1.29 is 4.79 Å². The Bertz CT molecular complexity index is 535. The lowest BCUT2D eigenvalue weighted by Crippen LogP contribution is -2.19. The van der Waals surface area contributed by atoms with Crippen LogP contribution in [0.4, 0.5) is 0 Å². The number of ketones is 1. The topological polar surface area (TPSA) is 17.1 Å². The Morgan fingerprint density at radius 3 is 2.72 bits per heavy atom. The predicted octanol–water partition coefficient (Wildman–Crippen LogP) is 4.71. The molecule has 94 valence electrons. The van der Waals surface area contributed by atoms with Crippen LogP contribution >= 0.6 is 23.4 Å². The van der Waals surface area contributed by atoms with E-state index in [0.29, 0.717) is 17.6 Å². The van der Waals surface area contributed by atoms with E-state index < -0.39 is 0 Å². The molecule has 0 amide bonds. The maximum Gasteiger partial charge on any atom is 0.162 e. The Balaban J connectivity index is 1.94. The molecule has 1 fully saturated rings. The molecule has 0 spiro atoms. The first-order valence-electron chi connectivity index (χ1n) is 6.34. The van der Waals surface area contributed by atoms with Crippen molar-refractivity contribution in [2.45, 2.75) is 31.1 Å². The Labute approximate surface area is 117 Å². The van der Waals surface area contributed by atoms with Crippen LogP contribution in [-0.2, 0) is 4.79 Å². The number of allylic oxidation sites excluding steroid dienone is 2. The molecule has 0 aromatic heterocycles. The van der Waals surface area contributed by atoms with E-state index in [1.807, 2.05) is 31.2 Å². The van der Waals surface area contributed by atoms with Gasteiger partial charge >= 0.3 is 0 Å². The fraction of sp³-hybridized carbons (Fsp3) is 0.400. The van der Waals surface area contributed by atoms with Gasteiger partial charge in [0.25, 0.3) is 0 Å². The van der Waals surface area contributed by atoms with E-state index in [2.05, 4.69) is 0 Å². The minimum Gasteiger partial charge on any atom is -0.294 e. The van der Waals surface area contributed by atoms with Crippen molar-refractivity contribution >= 4 is 29.1 Å². The number of thioether (sulfide) groups is 1. The van der Waals surface area contributed by atoms with Crippen LogP contribution in [0.15, 0.2) is 39.6 Å². The molecule has 1 aromatic rings. The van der Waals surface area contributed by atoms with Gasteiger partial charge in [-0.2, -0.15) is 0 Å². The van der Waals surface area contributed by atoms with Crippen molar-refractivity contribution in [1.82, 2.24) is 0 Å². The second-order valence-electron chi connectivity index (χ2n) is 5.09. The van der Waals surface area contributed by atoms with Crippen molar-refractivity contribution in [3.63, 3.8) is 0 Å². The number of halogens is 1. The molecular formula is C15H15ClOS. The first-order valence-corrected chi connectivity index (χ1v) is 7.53. The lowest BCUT2D eigenvalue weighted by molar-refractivity contribution is -0.119. The highest BCUT2D eigenvalue weighted by Gasteiger charge is 2.39. The molecule has 18 heavy (non-hydrogen) atoms. The SMILES string of the molecule is CC1=C(Sc2ccccc2Cl)C2CCC(C2)C1=O. The number of carbonyl (C=O) groups is 1. The van der Waals surface area contributed by atoms with Gasteiger partial charge in [0.2, 0.25) is 0 Å². The Morgan fingerprint density at radius 2 is 1.94 bits per heavy atom. The molecule has 1 aromatic carbocycles. The monoisotopic (exact) mass is 278 g/mol. The Hall–Kier alpha value is -0.730. The average Bonchev–Trinajstić information content (AvgIpc) is 2.81. The summed E-state index contributed by atoms with van der Waals surface area (Å²) in [4.78, 5) is 14.5. The highest BCUT2D eigenvalue weighted by atomic mass is 35.5. The van der Waals surface area contributed by atoms with Crippen molar-refractivity contribution in [2.24, 2.45) is 11.8 Å². The van der Waals surface area contributed by atoms with Crippen LogP contribution in [0.5, 0.6) is 0 Å². The number of hydrogen-bond donors (Lipinski definition) is 0. The molecule has 3 rings (SSSR count). The molecule has 0 heterocycles. The van der Waals surface area contributed by atoms with Crippen LogP contribution < -0.4 is 0 Å². The molecule has 1 nitrogen and oxygen atoms in total. The van der Waals surface area contributed by atoms with Gasteiger partial charge < -0.3 is 0 Å². The largest absolute Gasteiger partial charge is 0.294 e. The van der Waals surface area contributed by atoms with E-state index in [4.69, 9.17) is 11.6 Å². The zero-order valence-electron chi connectivity index (χ0n) is 10.3. The molecule has 0 saturated heterocycles. The third-order valence-corrected chi connectivity index (χ3v) is 5.85. The molecule has 1 saturated carbocycles. The molecule has 2 atom stereocenters. The first-order chi connectivity index (χ1) is 8.66. The van der Waals surface area contributed by atoms with Crippen LogP contribution in [0.3, 0.4) is 0 Å². The fourth-order valence-electron chi connectivity index (χ4n) is 3.00. The maximum atomic E-state index is 12.2. The van der Waals surface area contributed by atoms with Crippen LogP contribution in [0.25, 0.3) is 0 Å². The van der Waals surface area contributed by atoms with E-state index in [9.17, 15) is 4.79 Å². The van der Waals surface area contributed by atoms with Crippen LogP contribution in [0, 0.1) is 11.8 Å². The number of hydrogen-bond acceptors (Lipinski definition) is 2. The van der Waals surface area contributed by atoms with Crippen LogP contribution in [-0.4, -0.2) is 5.78 Å². The van der Waals surface area contributed by atoms with Gasteiger partial charge in [-0.05, 0) is 49.1 Å². The second kappa shape index (κ2) is 4.75.